The SMILES string of the molecule is CN(C)CC#C/C=C\C#CCOc1cccnc1. The van der Waals surface area contributed by atoms with Crippen molar-refractivity contribution < 1.29 is 4.74 Å². The summed E-state index contributed by atoms with van der Waals surface area (Å²) >= 11 is 0. The first kappa shape index (κ1) is 13.8. The fourth-order valence-electron chi connectivity index (χ4n) is 0.998. The quantitative estimate of drug-likeness (QED) is 0.750. The highest BCUT2D eigenvalue weighted by Gasteiger charge is 1.86. The van der Waals surface area contributed by atoms with E-state index >= 15 is 0 Å². The smallest absolute Gasteiger partial charge is 0.149 e. The van der Waals surface area contributed by atoms with Crippen molar-refractivity contribution in [2.24, 2.45) is 0 Å². The second-order valence-electron chi connectivity index (χ2n) is 3.69. The van der Waals surface area contributed by atoms with Crippen LogP contribution in [0.3, 0.4) is 0 Å². The van der Waals surface area contributed by atoms with E-state index in [-0.39, 0.29) is 0 Å². The normalized spacial score (nSPS) is 9.50. The first-order valence-corrected chi connectivity index (χ1v) is 5.58. The lowest BCUT2D eigenvalue weighted by Gasteiger charge is -1.99. The van der Waals surface area contributed by atoms with E-state index < -0.39 is 0 Å². The van der Waals surface area contributed by atoms with E-state index in [4.69, 9.17) is 4.74 Å². The summed E-state index contributed by atoms with van der Waals surface area (Å²) in [5, 5.41) is 0. The van der Waals surface area contributed by atoms with Crippen LogP contribution >= 0.6 is 0 Å². The zero-order valence-corrected chi connectivity index (χ0v) is 10.7. The molecule has 0 atom stereocenters. The van der Waals surface area contributed by atoms with Gasteiger partial charge in [0, 0.05) is 6.20 Å². The van der Waals surface area contributed by atoms with Crippen molar-refractivity contribution in [1.82, 2.24) is 9.88 Å². The van der Waals surface area contributed by atoms with Crippen LogP contribution in [0.5, 0.6) is 5.75 Å². The van der Waals surface area contributed by atoms with Crippen molar-refractivity contribution in [3.63, 3.8) is 0 Å². The van der Waals surface area contributed by atoms with Gasteiger partial charge in [-0.05, 0) is 38.4 Å². The van der Waals surface area contributed by atoms with Gasteiger partial charge >= 0.3 is 0 Å². The third-order valence-electron chi connectivity index (χ3n) is 1.79. The molecule has 0 aliphatic rings. The largest absolute Gasteiger partial charge is 0.479 e. The molecule has 1 heterocycles. The Kier molecular flexibility index (Phi) is 6.82. The van der Waals surface area contributed by atoms with Crippen molar-refractivity contribution in [2.45, 2.75) is 0 Å². The molecule has 0 spiro atoms. The summed E-state index contributed by atoms with van der Waals surface area (Å²) in [5.41, 5.74) is 0. The number of rotatable bonds is 3. The number of hydrogen-bond acceptors (Lipinski definition) is 3. The second-order valence-corrected chi connectivity index (χ2v) is 3.69. The van der Waals surface area contributed by atoms with Crippen LogP contribution in [0.4, 0.5) is 0 Å². The van der Waals surface area contributed by atoms with E-state index in [9.17, 15) is 0 Å². The molecule has 0 saturated carbocycles. The lowest BCUT2D eigenvalue weighted by Crippen LogP contribution is -2.10. The first-order chi connectivity index (χ1) is 8.79. The van der Waals surface area contributed by atoms with Crippen LogP contribution in [0.25, 0.3) is 0 Å². The fourth-order valence-corrected chi connectivity index (χ4v) is 0.998. The van der Waals surface area contributed by atoms with Crippen LogP contribution in [-0.2, 0) is 0 Å². The van der Waals surface area contributed by atoms with Crippen molar-refractivity contribution in [1.29, 1.82) is 0 Å². The summed E-state index contributed by atoms with van der Waals surface area (Å²) in [5.74, 6) is 12.3. The Bertz CT molecular complexity index is 484. The fraction of sp³-hybridized carbons (Fsp3) is 0.267. The van der Waals surface area contributed by atoms with Gasteiger partial charge < -0.3 is 4.74 Å². The van der Waals surface area contributed by atoms with Gasteiger partial charge in [0.1, 0.15) is 12.4 Å². The summed E-state index contributed by atoms with van der Waals surface area (Å²) < 4.78 is 5.35. The van der Waals surface area contributed by atoms with Crippen LogP contribution in [0.2, 0.25) is 0 Å². The van der Waals surface area contributed by atoms with Crippen molar-refractivity contribution in [3.05, 3.63) is 36.7 Å². The molecule has 0 aromatic carbocycles. The molecule has 0 amide bonds. The monoisotopic (exact) mass is 240 g/mol. The van der Waals surface area contributed by atoms with Crippen molar-refractivity contribution in [3.8, 4) is 29.4 Å². The lowest BCUT2D eigenvalue weighted by molar-refractivity contribution is 0.368. The van der Waals surface area contributed by atoms with Gasteiger partial charge in [-0.1, -0.05) is 23.7 Å². The van der Waals surface area contributed by atoms with Gasteiger partial charge in [-0.25, -0.2) is 0 Å². The topological polar surface area (TPSA) is 25.4 Å². The molecular formula is C15H16N2O. The van der Waals surface area contributed by atoms with Gasteiger partial charge in [0.25, 0.3) is 0 Å². The number of ether oxygens (including phenoxy) is 1. The summed E-state index contributed by atoms with van der Waals surface area (Å²) in [6, 6.07) is 3.67. The van der Waals surface area contributed by atoms with Gasteiger partial charge in [0.15, 0.2) is 0 Å². The van der Waals surface area contributed by atoms with E-state index in [0.717, 1.165) is 12.3 Å². The van der Waals surface area contributed by atoms with E-state index in [1.165, 1.54) is 0 Å². The predicted octanol–water partition coefficient (Wildman–Crippen LogP) is 1.58. The van der Waals surface area contributed by atoms with Crippen LogP contribution in [0, 0.1) is 23.7 Å². The maximum atomic E-state index is 5.35. The molecule has 0 fully saturated rings. The maximum Gasteiger partial charge on any atom is 0.149 e. The van der Waals surface area contributed by atoms with Gasteiger partial charge in [0.05, 0.1) is 12.7 Å². The maximum absolute atomic E-state index is 5.35. The minimum absolute atomic E-state index is 0.348. The second kappa shape index (κ2) is 8.87. The zero-order chi connectivity index (χ0) is 13.1. The standard InChI is InChI=1S/C15H16N2O/c1-17(2)12-7-5-3-4-6-8-13-18-15-10-9-11-16-14-15/h3-4,9-11,14H,12-13H2,1-2H3/b4-3-. The molecule has 1 rings (SSSR count). The molecule has 0 radical (unpaired) electrons. The Morgan fingerprint density at radius 1 is 1.28 bits per heavy atom. The molecule has 0 aliphatic carbocycles. The molecule has 3 heteroatoms. The van der Waals surface area contributed by atoms with Crippen LogP contribution in [0.1, 0.15) is 0 Å². The van der Waals surface area contributed by atoms with Gasteiger partial charge in [-0.2, -0.15) is 0 Å². The molecule has 92 valence electrons. The predicted molar refractivity (Wildman–Crippen MR) is 73.0 cm³/mol. The molecule has 1 aromatic rings. The summed E-state index contributed by atoms with van der Waals surface area (Å²) in [6.45, 7) is 1.10. The minimum atomic E-state index is 0.348. The van der Waals surface area contributed by atoms with Crippen LogP contribution < -0.4 is 4.74 Å². The number of allylic oxidation sites excluding steroid dienone is 2. The number of hydrogen-bond donors (Lipinski definition) is 0. The average molecular weight is 240 g/mol. The van der Waals surface area contributed by atoms with Crippen LogP contribution in [0.15, 0.2) is 36.7 Å². The summed E-state index contributed by atoms with van der Waals surface area (Å²) in [4.78, 5) is 5.95. The molecule has 0 N–H and O–H groups in total. The molecule has 0 aliphatic heterocycles. The van der Waals surface area contributed by atoms with E-state index in [2.05, 4.69) is 28.7 Å². The first-order valence-electron chi connectivity index (χ1n) is 5.58. The Labute approximate surface area is 108 Å². The van der Waals surface area contributed by atoms with Gasteiger partial charge in [-0.15, -0.1) is 0 Å². The van der Waals surface area contributed by atoms with Crippen molar-refractivity contribution in [2.75, 3.05) is 27.2 Å². The minimum Gasteiger partial charge on any atom is -0.479 e. The molecule has 0 saturated heterocycles. The highest BCUT2D eigenvalue weighted by atomic mass is 16.5. The molecule has 18 heavy (non-hydrogen) atoms. The Morgan fingerprint density at radius 3 is 2.72 bits per heavy atom. The molecule has 3 nitrogen and oxygen atoms in total. The van der Waals surface area contributed by atoms with E-state index in [0.29, 0.717) is 6.61 Å². The third-order valence-corrected chi connectivity index (χ3v) is 1.79. The Balaban J connectivity index is 2.22. The zero-order valence-electron chi connectivity index (χ0n) is 10.7. The Morgan fingerprint density at radius 2 is 2.06 bits per heavy atom. The molecule has 0 unspecified atom stereocenters. The number of nitrogens with zero attached hydrogens (tertiary/aromatic N) is 2. The van der Waals surface area contributed by atoms with Gasteiger partial charge in [0.2, 0.25) is 0 Å². The van der Waals surface area contributed by atoms with Gasteiger partial charge in [-0.3, -0.25) is 9.88 Å². The van der Waals surface area contributed by atoms with E-state index in [1.54, 1.807) is 24.5 Å². The summed E-state index contributed by atoms with van der Waals surface area (Å²) in [7, 11) is 3.96. The van der Waals surface area contributed by atoms with Crippen LogP contribution in [-0.4, -0.2) is 37.1 Å². The molecule has 0 bridgehead atoms. The summed E-state index contributed by atoms with van der Waals surface area (Å²) in [6.07, 6.45) is 6.81. The number of pyridine rings is 1. The van der Waals surface area contributed by atoms with Crippen molar-refractivity contribution >= 4 is 0 Å². The number of aromatic nitrogens is 1. The highest BCUT2D eigenvalue weighted by Crippen LogP contribution is 2.04. The Hall–Kier alpha value is -2.23. The molecular weight excluding hydrogens is 224 g/mol. The lowest BCUT2D eigenvalue weighted by atomic mass is 10.4. The highest BCUT2D eigenvalue weighted by molar-refractivity contribution is 5.25. The van der Waals surface area contributed by atoms with E-state index in [1.807, 2.05) is 31.1 Å². The third kappa shape index (κ3) is 7.11. The average Bonchev–Trinajstić information content (AvgIpc) is 2.37. The molecule has 1 aromatic heterocycles.